The first-order chi connectivity index (χ1) is 16.1. The first-order valence-electron chi connectivity index (χ1n) is 14.1. The van der Waals surface area contributed by atoms with Gasteiger partial charge in [0.25, 0.3) is 0 Å². The third-order valence-corrected chi connectivity index (χ3v) is 13.0. The second kappa shape index (κ2) is 7.45. The molecular formula is C31H48O4. The molecule has 0 amide bonds. The van der Waals surface area contributed by atoms with Gasteiger partial charge in [-0.2, -0.15) is 0 Å². The number of hydrogen-bond donors (Lipinski definition) is 1. The summed E-state index contributed by atoms with van der Waals surface area (Å²) in [5.74, 6) is 0.436. The highest BCUT2D eigenvalue weighted by Crippen LogP contribution is 2.75. The van der Waals surface area contributed by atoms with E-state index in [0.717, 1.165) is 57.8 Å². The molecule has 0 spiro atoms. The van der Waals surface area contributed by atoms with Crippen molar-refractivity contribution in [3.05, 3.63) is 11.6 Å². The van der Waals surface area contributed by atoms with Crippen LogP contribution >= 0.6 is 0 Å². The standard InChI is InChI=1S/C31H48O4/c1-26(2)13-15-31(25(34)35-8)16-14-30(7)24(19(31)18-26)20(32)17-22-28(5)11-10-23(33)27(3,4)21(28)9-12-29(22,30)6/h17,19,21,23-24,33H,9-16,18H2,1-8H3/t19-,21+,23-,24+,28+,29-,30-,31+/m1/s1. The average molecular weight is 485 g/mol. The van der Waals surface area contributed by atoms with Gasteiger partial charge in [-0.3, -0.25) is 9.59 Å². The maximum absolute atomic E-state index is 14.3. The second-order valence-electron chi connectivity index (χ2n) is 15.2. The lowest BCUT2D eigenvalue weighted by molar-refractivity contribution is -0.195. The van der Waals surface area contributed by atoms with Gasteiger partial charge in [-0.15, -0.1) is 0 Å². The molecule has 4 fully saturated rings. The summed E-state index contributed by atoms with van der Waals surface area (Å²) < 4.78 is 5.43. The molecule has 8 atom stereocenters. The van der Waals surface area contributed by atoms with E-state index in [-0.39, 0.29) is 56.8 Å². The molecule has 4 heteroatoms. The van der Waals surface area contributed by atoms with Crippen molar-refractivity contribution in [1.29, 1.82) is 0 Å². The molecule has 5 aliphatic carbocycles. The number of rotatable bonds is 1. The minimum absolute atomic E-state index is 0.0368. The lowest BCUT2D eigenvalue weighted by Crippen LogP contribution is -2.66. The van der Waals surface area contributed by atoms with Crippen molar-refractivity contribution in [2.45, 2.75) is 112 Å². The molecule has 0 radical (unpaired) electrons. The zero-order valence-electron chi connectivity index (χ0n) is 23.4. The van der Waals surface area contributed by atoms with Crippen molar-refractivity contribution in [2.75, 3.05) is 7.11 Å². The van der Waals surface area contributed by atoms with Crippen LogP contribution < -0.4 is 0 Å². The van der Waals surface area contributed by atoms with Gasteiger partial charge >= 0.3 is 5.97 Å². The Hall–Kier alpha value is -1.16. The second-order valence-corrected chi connectivity index (χ2v) is 15.2. The highest BCUT2D eigenvalue weighted by atomic mass is 16.5. The van der Waals surface area contributed by atoms with E-state index in [1.807, 2.05) is 0 Å². The van der Waals surface area contributed by atoms with E-state index in [1.54, 1.807) is 0 Å². The summed E-state index contributed by atoms with van der Waals surface area (Å²) in [5.41, 5.74) is 0.489. The van der Waals surface area contributed by atoms with Gasteiger partial charge in [-0.05, 0) is 103 Å². The van der Waals surface area contributed by atoms with Crippen LogP contribution in [0, 0.1) is 50.2 Å². The Balaban J connectivity index is 1.65. The monoisotopic (exact) mass is 484 g/mol. The molecule has 0 heterocycles. The fourth-order valence-electron chi connectivity index (χ4n) is 10.6. The van der Waals surface area contributed by atoms with E-state index in [9.17, 15) is 14.7 Å². The molecule has 0 saturated heterocycles. The maximum Gasteiger partial charge on any atom is 0.312 e. The van der Waals surface area contributed by atoms with Crippen molar-refractivity contribution < 1.29 is 19.4 Å². The molecule has 0 unspecified atom stereocenters. The van der Waals surface area contributed by atoms with Crippen LogP contribution in [-0.2, 0) is 14.3 Å². The van der Waals surface area contributed by atoms with Gasteiger partial charge < -0.3 is 9.84 Å². The number of hydrogen-bond acceptors (Lipinski definition) is 4. The summed E-state index contributed by atoms with van der Waals surface area (Å²) in [5, 5.41) is 10.9. The quantitative estimate of drug-likeness (QED) is 0.431. The lowest BCUT2D eigenvalue weighted by atomic mass is 9.34. The van der Waals surface area contributed by atoms with Crippen LogP contribution in [0.3, 0.4) is 0 Å². The van der Waals surface area contributed by atoms with E-state index in [4.69, 9.17) is 4.74 Å². The number of aliphatic hydroxyl groups excluding tert-OH is 1. The van der Waals surface area contributed by atoms with Gasteiger partial charge in [0.2, 0.25) is 0 Å². The maximum atomic E-state index is 14.3. The van der Waals surface area contributed by atoms with Crippen LogP contribution in [0.1, 0.15) is 106 Å². The van der Waals surface area contributed by atoms with E-state index < -0.39 is 5.41 Å². The smallest absolute Gasteiger partial charge is 0.312 e. The van der Waals surface area contributed by atoms with E-state index in [0.29, 0.717) is 5.92 Å². The molecular weight excluding hydrogens is 436 g/mol. The third kappa shape index (κ3) is 3.07. The number of esters is 1. The molecule has 35 heavy (non-hydrogen) atoms. The summed E-state index contributed by atoms with van der Waals surface area (Å²) >= 11 is 0. The van der Waals surface area contributed by atoms with Gasteiger partial charge in [0.15, 0.2) is 5.78 Å². The highest BCUT2D eigenvalue weighted by molar-refractivity contribution is 5.96. The van der Waals surface area contributed by atoms with Gasteiger partial charge in [-0.25, -0.2) is 0 Å². The minimum atomic E-state index is -0.524. The van der Waals surface area contributed by atoms with Crippen molar-refractivity contribution >= 4 is 11.8 Å². The molecule has 4 saturated carbocycles. The molecule has 5 aliphatic rings. The predicted octanol–water partition coefficient (Wildman–Crippen LogP) is 6.50. The van der Waals surface area contributed by atoms with Gasteiger partial charge in [0, 0.05) is 5.92 Å². The number of ketones is 1. The zero-order chi connectivity index (χ0) is 25.8. The summed E-state index contributed by atoms with van der Waals surface area (Å²) in [6.45, 7) is 16.3. The first kappa shape index (κ1) is 25.5. The predicted molar refractivity (Wildman–Crippen MR) is 137 cm³/mol. The van der Waals surface area contributed by atoms with Crippen LogP contribution in [0.4, 0.5) is 0 Å². The Labute approximate surface area is 212 Å². The zero-order valence-corrected chi connectivity index (χ0v) is 23.4. The normalized spacial score (nSPS) is 50.1. The Kier molecular flexibility index (Phi) is 5.43. The van der Waals surface area contributed by atoms with Crippen molar-refractivity contribution in [3.8, 4) is 0 Å². The van der Waals surface area contributed by atoms with Crippen LogP contribution in [0.15, 0.2) is 11.6 Å². The molecule has 0 aliphatic heterocycles. The fourth-order valence-corrected chi connectivity index (χ4v) is 10.6. The Morgan fingerprint density at radius 1 is 0.943 bits per heavy atom. The first-order valence-corrected chi connectivity index (χ1v) is 14.1. The SMILES string of the molecule is COC(=O)[C@]12CCC(C)(C)C[C@@H]1[C@H]1C(=O)C=C3[C@@]4(C)CC[C@@H](O)C(C)(C)[C@@H]4CC[C@@]3(C)[C@]1(C)CC2. The number of allylic oxidation sites excluding steroid dienone is 2. The average Bonchev–Trinajstić information content (AvgIpc) is 2.77. The number of methoxy groups -OCH3 is 1. The Bertz CT molecular complexity index is 976. The third-order valence-electron chi connectivity index (χ3n) is 13.0. The van der Waals surface area contributed by atoms with Crippen LogP contribution in [-0.4, -0.2) is 30.1 Å². The summed E-state index contributed by atoms with van der Waals surface area (Å²) in [6, 6.07) is 0. The molecule has 4 nitrogen and oxygen atoms in total. The summed E-state index contributed by atoms with van der Waals surface area (Å²) in [7, 11) is 1.52. The van der Waals surface area contributed by atoms with Gasteiger partial charge in [-0.1, -0.05) is 54.0 Å². The Morgan fingerprint density at radius 2 is 1.60 bits per heavy atom. The van der Waals surface area contributed by atoms with Crippen molar-refractivity contribution in [3.63, 3.8) is 0 Å². The minimum Gasteiger partial charge on any atom is -0.469 e. The molecule has 196 valence electrons. The number of ether oxygens (including phenoxy) is 1. The van der Waals surface area contributed by atoms with Crippen LogP contribution in [0.5, 0.6) is 0 Å². The number of aliphatic hydroxyl groups is 1. The molecule has 0 bridgehead atoms. The number of carbonyl (C=O) groups excluding carboxylic acids is 2. The molecule has 5 rings (SSSR count). The highest BCUT2D eigenvalue weighted by Gasteiger charge is 2.71. The van der Waals surface area contributed by atoms with Crippen LogP contribution in [0.2, 0.25) is 0 Å². The largest absolute Gasteiger partial charge is 0.469 e. The van der Waals surface area contributed by atoms with Crippen molar-refractivity contribution in [1.82, 2.24) is 0 Å². The summed E-state index contributed by atoms with van der Waals surface area (Å²) in [4.78, 5) is 27.7. The molecule has 1 N–H and O–H groups in total. The fraction of sp³-hybridized carbons (Fsp3) is 0.871. The molecule has 0 aromatic heterocycles. The number of fused-ring (bicyclic) bond motifs is 7. The molecule has 0 aromatic carbocycles. The van der Waals surface area contributed by atoms with Crippen LogP contribution in [0.25, 0.3) is 0 Å². The molecule has 0 aromatic rings. The van der Waals surface area contributed by atoms with E-state index in [1.165, 1.54) is 12.7 Å². The lowest BCUT2D eigenvalue weighted by Gasteiger charge is -2.70. The van der Waals surface area contributed by atoms with Gasteiger partial charge in [0.05, 0.1) is 18.6 Å². The number of carbonyl (C=O) groups is 2. The topological polar surface area (TPSA) is 63.6 Å². The van der Waals surface area contributed by atoms with Gasteiger partial charge in [0.1, 0.15) is 0 Å². The van der Waals surface area contributed by atoms with E-state index in [2.05, 4.69) is 54.5 Å². The Morgan fingerprint density at radius 3 is 2.26 bits per heavy atom. The summed E-state index contributed by atoms with van der Waals surface area (Å²) in [6.07, 6.45) is 10.1. The van der Waals surface area contributed by atoms with Crippen molar-refractivity contribution in [2.24, 2.45) is 50.2 Å². The van der Waals surface area contributed by atoms with E-state index >= 15 is 0 Å².